The predicted molar refractivity (Wildman–Crippen MR) is 112 cm³/mol. The van der Waals surface area contributed by atoms with Crippen molar-refractivity contribution in [2.45, 2.75) is 35.8 Å². The minimum absolute atomic E-state index is 0.198. The molecule has 16 heteroatoms. The Balaban J connectivity index is 2.36. The standard InChI is InChI=1S/C15H21BN6O6S3/c1-10-7-13(29(4,23)24)17-20(10)16(21-11(2)8-14(18-21)30(5,25)26)22-12(3)9-15(19-22)31(6,27)28/h7-9H,1-6H3/q-1. The average Bonchev–Trinajstić information content (AvgIpc) is 3.26. The van der Waals surface area contributed by atoms with Crippen molar-refractivity contribution in [3.05, 3.63) is 35.3 Å². The molecule has 0 aliphatic rings. The van der Waals surface area contributed by atoms with Crippen LogP contribution in [0.25, 0.3) is 0 Å². The minimum Gasteiger partial charge on any atom is -0.421 e. The van der Waals surface area contributed by atoms with Gasteiger partial charge in [0.2, 0.25) is 0 Å². The number of hydrogen-bond acceptors (Lipinski definition) is 9. The van der Waals surface area contributed by atoms with E-state index in [1.54, 1.807) is 20.8 Å². The van der Waals surface area contributed by atoms with E-state index in [1.807, 2.05) is 0 Å². The Morgan fingerprint density at radius 1 is 0.581 bits per heavy atom. The lowest BCUT2D eigenvalue weighted by Crippen LogP contribution is -2.45. The van der Waals surface area contributed by atoms with Gasteiger partial charge in [0.25, 0.3) is 7.12 Å². The van der Waals surface area contributed by atoms with E-state index in [0.29, 0.717) is 17.1 Å². The summed E-state index contributed by atoms with van der Waals surface area (Å²) in [5.41, 5.74) is 1.24. The fourth-order valence-corrected chi connectivity index (χ4v) is 4.79. The molecule has 0 aliphatic heterocycles. The molecule has 0 aliphatic carbocycles. The van der Waals surface area contributed by atoms with Gasteiger partial charge in [-0.3, -0.25) is 0 Å². The van der Waals surface area contributed by atoms with E-state index in [1.165, 1.54) is 32.0 Å². The van der Waals surface area contributed by atoms with E-state index < -0.39 is 36.6 Å². The second kappa shape index (κ2) is 7.31. The average molecular weight is 488 g/mol. The molecule has 1 radical (unpaired) electrons. The number of rotatable bonds is 6. The zero-order chi connectivity index (χ0) is 23.5. The predicted octanol–water partition coefficient (Wildman–Crippen LogP) is -0.659. The first-order valence-corrected chi connectivity index (χ1v) is 14.5. The lowest BCUT2D eigenvalue weighted by atomic mass is 9.93. The summed E-state index contributed by atoms with van der Waals surface area (Å²) in [4.78, 5) is 0. The van der Waals surface area contributed by atoms with Gasteiger partial charge in [0, 0.05) is 18.8 Å². The van der Waals surface area contributed by atoms with E-state index >= 15 is 0 Å². The van der Waals surface area contributed by atoms with Gasteiger partial charge < -0.3 is 13.8 Å². The Morgan fingerprint density at radius 3 is 0.968 bits per heavy atom. The third-order valence-corrected chi connectivity index (χ3v) is 7.37. The van der Waals surface area contributed by atoms with Gasteiger partial charge in [0.05, 0.1) is 0 Å². The molecule has 31 heavy (non-hydrogen) atoms. The van der Waals surface area contributed by atoms with Crippen LogP contribution in [0, 0.1) is 20.8 Å². The molecule has 0 spiro atoms. The molecule has 0 amide bonds. The smallest absolute Gasteiger partial charge is 0.261 e. The quantitative estimate of drug-likeness (QED) is 0.411. The Morgan fingerprint density at radius 2 is 0.806 bits per heavy atom. The summed E-state index contributed by atoms with van der Waals surface area (Å²) in [7, 11) is -12.0. The molecule has 169 valence electrons. The van der Waals surface area contributed by atoms with Crippen molar-refractivity contribution >= 4 is 36.6 Å². The summed E-state index contributed by atoms with van der Waals surface area (Å²) in [6.07, 6.45) is 3.03. The molecule has 0 saturated carbocycles. The normalized spacial score (nSPS) is 13.3. The Bertz CT molecular complexity index is 1320. The van der Waals surface area contributed by atoms with E-state index in [9.17, 15) is 25.3 Å². The lowest BCUT2D eigenvalue weighted by molar-refractivity contribution is 0.596. The molecular weight excluding hydrogens is 467 g/mol. The topological polar surface area (TPSA) is 156 Å². The van der Waals surface area contributed by atoms with E-state index in [2.05, 4.69) is 15.3 Å². The highest BCUT2D eigenvalue weighted by Gasteiger charge is 2.23. The van der Waals surface area contributed by atoms with Crippen LogP contribution in [0.1, 0.15) is 17.1 Å². The summed E-state index contributed by atoms with van der Waals surface area (Å²) >= 11 is 0. The summed E-state index contributed by atoms with van der Waals surface area (Å²) in [5.74, 6) is 0. The van der Waals surface area contributed by atoms with E-state index in [4.69, 9.17) is 0 Å². The van der Waals surface area contributed by atoms with Crippen molar-refractivity contribution < 1.29 is 25.3 Å². The number of aromatic nitrogens is 6. The molecule has 0 atom stereocenters. The number of aryl methyl sites for hydroxylation is 3. The van der Waals surface area contributed by atoms with Gasteiger partial charge in [-0.2, -0.15) is 0 Å². The molecule has 3 aromatic heterocycles. The first-order chi connectivity index (χ1) is 14.0. The van der Waals surface area contributed by atoms with E-state index in [-0.39, 0.29) is 15.1 Å². The number of hydrogen-bond donors (Lipinski definition) is 0. The van der Waals surface area contributed by atoms with Crippen LogP contribution in [0.3, 0.4) is 0 Å². The van der Waals surface area contributed by atoms with Gasteiger partial charge in [0.1, 0.15) is 0 Å². The van der Waals surface area contributed by atoms with E-state index in [0.717, 1.165) is 18.8 Å². The molecule has 0 aromatic carbocycles. The van der Waals surface area contributed by atoms with Gasteiger partial charge in [-0.25, -0.2) is 40.5 Å². The zero-order valence-corrected chi connectivity index (χ0v) is 20.1. The molecule has 3 heterocycles. The van der Waals surface area contributed by atoms with Gasteiger partial charge >= 0.3 is 0 Å². The fraction of sp³-hybridized carbons (Fsp3) is 0.400. The second-order valence-electron chi connectivity index (χ2n) is 7.37. The summed E-state index contributed by atoms with van der Waals surface area (Å²) in [6, 6.07) is 4.07. The van der Waals surface area contributed by atoms with Crippen molar-refractivity contribution in [3.8, 4) is 0 Å². The molecule has 0 fully saturated rings. The van der Waals surface area contributed by atoms with Crippen LogP contribution in [0.5, 0.6) is 0 Å². The van der Waals surface area contributed by atoms with Crippen LogP contribution >= 0.6 is 0 Å². The zero-order valence-electron chi connectivity index (χ0n) is 17.7. The van der Waals surface area contributed by atoms with Gasteiger partial charge in [-0.15, -0.1) is 0 Å². The maximum atomic E-state index is 12.0. The fourth-order valence-electron chi connectivity index (χ4n) is 2.93. The molecule has 0 N–H and O–H groups in total. The van der Waals surface area contributed by atoms with Crippen molar-refractivity contribution in [1.82, 2.24) is 29.1 Å². The molecule has 3 aromatic rings. The highest BCUT2D eigenvalue weighted by atomic mass is 32.2. The van der Waals surface area contributed by atoms with Gasteiger partial charge in [0.15, 0.2) is 44.6 Å². The largest absolute Gasteiger partial charge is 0.421 e. The van der Waals surface area contributed by atoms with Crippen LogP contribution in [-0.2, 0) is 29.5 Å². The second-order valence-corrected chi connectivity index (χ2v) is 13.3. The third-order valence-electron chi connectivity index (χ3n) is 4.50. The van der Waals surface area contributed by atoms with Crippen LogP contribution < -0.4 is 0 Å². The monoisotopic (exact) mass is 488 g/mol. The highest BCUT2D eigenvalue weighted by Crippen LogP contribution is 2.18. The highest BCUT2D eigenvalue weighted by molar-refractivity contribution is 7.91. The molecule has 0 saturated heterocycles. The van der Waals surface area contributed by atoms with Crippen molar-refractivity contribution in [3.63, 3.8) is 0 Å². The number of nitrogens with zero attached hydrogens (tertiary/aromatic N) is 6. The van der Waals surface area contributed by atoms with Crippen LogP contribution in [-0.4, -0.2) is 80.2 Å². The van der Waals surface area contributed by atoms with Gasteiger partial charge in [-0.1, -0.05) is 0 Å². The van der Waals surface area contributed by atoms with Crippen molar-refractivity contribution in [2.75, 3.05) is 18.8 Å². The van der Waals surface area contributed by atoms with Crippen molar-refractivity contribution in [2.24, 2.45) is 0 Å². The molecule has 12 nitrogen and oxygen atoms in total. The Hall–Kier alpha value is -2.46. The number of sulfone groups is 3. The summed E-state index contributed by atoms with van der Waals surface area (Å²) in [6.45, 7) is 4.84. The minimum atomic E-state index is -3.64. The van der Waals surface area contributed by atoms with Gasteiger partial charge in [-0.05, 0) is 56.1 Å². The van der Waals surface area contributed by atoms with Crippen molar-refractivity contribution in [1.29, 1.82) is 0 Å². The lowest BCUT2D eigenvalue weighted by Gasteiger charge is -2.33. The third kappa shape index (κ3) is 4.45. The molecule has 0 bridgehead atoms. The first kappa shape index (κ1) is 23.2. The molecule has 0 unspecified atom stereocenters. The van der Waals surface area contributed by atoms with Crippen LogP contribution in [0.15, 0.2) is 33.3 Å². The van der Waals surface area contributed by atoms with Crippen LogP contribution in [0.2, 0.25) is 0 Å². The molecular formula is C15H21BN6O6S3-. The maximum absolute atomic E-state index is 12.0. The Kier molecular flexibility index (Phi) is 5.47. The molecule has 3 rings (SSSR count). The summed E-state index contributed by atoms with van der Waals surface area (Å²) < 4.78 is 76.0. The SMILES string of the molecule is Cc1cc(S(C)(=O)=O)nn1[B-](n1nc(S(C)(=O)=O)cc1C)n1nc(S(C)(=O)=O)cc1C. The van der Waals surface area contributed by atoms with Crippen LogP contribution in [0.4, 0.5) is 0 Å². The Labute approximate surface area is 180 Å². The maximum Gasteiger partial charge on any atom is 0.261 e. The summed E-state index contributed by atoms with van der Waals surface area (Å²) in [5, 5.41) is 11.9. The first-order valence-electron chi connectivity index (χ1n) is 8.79.